The maximum atomic E-state index is 6.57. The Morgan fingerprint density at radius 1 is 0.327 bits per heavy atom. The first-order valence-corrected chi connectivity index (χ1v) is 16.4. The highest BCUT2D eigenvalue weighted by atomic mass is 16.3. The summed E-state index contributed by atoms with van der Waals surface area (Å²) in [4.78, 5) is 15.6. The number of furan rings is 1. The number of nitrogens with zero attached hydrogens (tertiary/aromatic N) is 3. The lowest BCUT2D eigenvalue weighted by molar-refractivity contribution is 0.672. The minimum Gasteiger partial charge on any atom is -0.455 e. The summed E-state index contributed by atoms with van der Waals surface area (Å²) in [6, 6.07) is 56.9. The largest absolute Gasteiger partial charge is 0.455 e. The molecule has 0 bridgehead atoms. The average molecular weight is 626 g/mol. The predicted octanol–water partition coefficient (Wildman–Crippen LogP) is 11.9. The number of hydrogen-bond donors (Lipinski definition) is 0. The SMILES string of the molecule is c1ccc(-c2ccc3c(-c4nc(-c5ccc6ccccc6c5)nc(-c5cccc6ccccc56)n4)cc4c5ccccc5oc4c3c2)cc1. The first-order chi connectivity index (χ1) is 24.3. The molecule has 0 unspecified atom stereocenters. The molecule has 0 aliphatic heterocycles. The van der Waals surface area contributed by atoms with Gasteiger partial charge < -0.3 is 4.42 Å². The second kappa shape index (κ2) is 11.0. The van der Waals surface area contributed by atoms with Crippen molar-refractivity contribution in [3.05, 3.63) is 164 Å². The fourth-order valence-corrected chi connectivity index (χ4v) is 7.09. The third-order valence-electron chi connectivity index (χ3n) is 9.50. The van der Waals surface area contributed by atoms with Crippen LogP contribution < -0.4 is 0 Å². The molecule has 0 atom stereocenters. The maximum absolute atomic E-state index is 6.57. The minimum absolute atomic E-state index is 0.616. The molecule has 2 heterocycles. The Hall–Kier alpha value is -6.65. The van der Waals surface area contributed by atoms with Crippen LogP contribution in [0.25, 0.3) is 99.5 Å². The normalized spacial score (nSPS) is 11.7. The van der Waals surface area contributed by atoms with Crippen molar-refractivity contribution in [3.8, 4) is 45.3 Å². The van der Waals surface area contributed by atoms with Crippen molar-refractivity contribution >= 4 is 54.3 Å². The minimum atomic E-state index is 0.616. The molecule has 4 nitrogen and oxygen atoms in total. The molecule has 228 valence electrons. The molecule has 10 rings (SSSR count). The Bertz CT molecular complexity index is 2890. The molecule has 0 saturated heterocycles. The molecule has 0 amide bonds. The number of fused-ring (bicyclic) bond motifs is 7. The van der Waals surface area contributed by atoms with Gasteiger partial charge in [0.2, 0.25) is 0 Å². The highest BCUT2D eigenvalue weighted by Crippen LogP contribution is 2.41. The van der Waals surface area contributed by atoms with Crippen LogP contribution in [0.5, 0.6) is 0 Å². The van der Waals surface area contributed by atoms with Crippen LogP contribution in [-0.2, 0) is 0 Å². The third-order valence-corrected chi connectivity index (χ3v) is 9.50. The fourth-order valence-electron chi connectivity index (χ4n) is 7.09. The predicted molar refractivity (Wildman–Crippen MR) is 201 cm³/mol. The van der Waals surface area contributed by atoms with E-state index in [4.69, 9.17) is 19.4 Å². The number of para-hydroxylation sites is 1. The molecule has 4 heteroatoms. The molecule has 49 heavy (non-hydrogen) atoms. The average Bonchev–Trinajstić information content (AvgIpc) is 3.56. The van der Waals surface area contributed by atoms with Gasteiger partial charge in [0.1, 0.15) is 11.2 Å². The van der Waals surface area contributed by atoms with E-state index in [0.29, 0.717) is 17.5 Å². The second-order valence-electron chi connectivity index (χ2n) is 12.4. The van der Waals surface area contributed by atoms with Gasteiger partial charge in [0.25, 0.3) is 0 Å². The summed E-state index contributed by atoms with van der Waals surface area (Å²) < 4.78 is 6.57. The van der Waals surface area contributed by atoms with Gasteiger partial charge >= 0.3 is 0 Å². The van der Waals surface area contributed by atoms with Crippen molar-refractivity contribution < 1.29 is 4.42 Å². The summed E-state index contributed by atoms with van der Waals surface area (Å²) in [5.74, 6) is 1.88. The second-order valence-corrected chi connectivity index (χ2v) is 12.4. The Kier molecular flexibility index (Phi) is 6.15. The van der Waals surface area contributed by atoms with Crippen LogP contribution in [0, 0.1) is 0 Å². The van der Waals surface area contributed by atoms with E-state index in [1.165, 1.54) is 5.39 Å². The zero-order chi connectivity index (χ0) is 32.3. The van der Waals surface area contributed by atoms with Gasteiger partial charge in [-0.05, 0) is 62.3 Å². The summed E-state index contributed by atoms with van der Waals surface area (Å²) >= 11 is 0. The molecule has 2 aromatic heterocycles. The smallest absolute Gasteiger partial charge is 0.164 e. The van der Waals surface area contributed by atoms with Crippen molar-refractivity contribution in [2.45, 2.75) is 0 Å². The van der Waals surface area contributed by atoms with Gasteiger partial charge in [-0.3, -0.25) is 0 Å². The van der Waals surface area contributed by atoms with Gasteiger partial charge in [0.05, 0.1) is 0 Å². The molecule has 0 fully saturated rings. The zero-order valence-corrected chi connectivity index (χ0v) is 26.3. The molecule has 0 radical (unpaired) electrons. The Labute approximate surface area is 282 Å². The van der Waals surface area contributed by atoms with Crippen molar-refractivity contribution in [3.63, 3.8) is 0 Å². The van der Waals surface area contributed by atoms with Crippen LogP contribution in [0.4, 0.5) is 0 Å². The lowest BCUT2D eigenvalue weighted by atomic mass is 9.95. The van der Waals surface area contributed by atoms with Crippen molar-refractivity contribution in [2.24, 2.45) is 0 Å². The highest BCUT2D eigenvalue weighted by molar-refractivity contribution is 6.19. The van der Waals surface area contributed by atoms with Gasteiger partial charge in [-0.25, -0.2) is 15.0 Å². The Morgan fingerprint density at radius 3 is 1.86 bits per heavy atom. The van der Waals surface area contributed by atoms with E-state index in [0.717, 1.165) is 76.7 Å². The molecular formula is C45H27N3O. The van der Waals surface area contributed by atoms with Gasteiger partial charge in [-0.1, -0.05) is 140 Å². The van der Waals surface area contributed by atoms with Gasteiger partial charge in [0, 0.05) is 32.8 Å². The number of rotatable bonds is 4. The van der Waals surface area contributed by atoms with Crippen molar-refractivity contribution in [2.75, 3.05) is 0 Å². The topological polar surface area (TPSA) is 51.8 Å². The summed E-state index contributed by atoms with van der Waals surface area (Å²) in [5.41, 5.74) is 6.82. The van der Waals surface area contributed by atoms with Crippen LogP contribution in [0.1, 0.15) is 0 Å². The standard InChI is InChI=1S/C45H27N3O/c1-2-11-28(12-3-1)32-23-24-35-38(26-32)42-39(36-18-8-9-20-41(36)49-42)27-40(35)45-47-43(33-22-21-29-13-4-5-15-31(29)25-33)46-44(48-45)37-19-10-16-30-14-6-7-17-34(30)37/h1-27H. The molecule has 10 aromatic rings. The van der Waals surface area contributed by atoms with E-state index in [2.05, 4.69) is 146 Å². The van der Waals surface area contributed by atoms with Crippen LogP contribution in [0.3, 0.4) is 0 Å². The lowest BCUT2D eigenvalue weighted by Gasteiger charge is -2.13. The van der Waals surface area contributed by atoms with Gasteiger partial charge in [0.15, 0.2) is 17.5 Å². The summed E-state index contributed by atoms with van der Waals surface area (Å²) in [6.45, 7) is 0. The fraction of sp³-hybridized carbons (Fsp3) is 0. The lowest BCUT2D eigenvalue weighted by Crippen LogP contribution is -2.01. The monoisotopic (exact) mass is 625 g/mol. The first-order valence-electron chi connectivity index (χ1n) is 16.4. The molecule has 0 saturated carbocycles. The van der Waals surface area contributed by atoms with Crippen LogP contribution >= 0.6 is 0 Å². The van der Waals surface area contributed by atoms with Crippen LogP contribution in [0.2, 0.25) is 0 Å². The van der Waals surface area contributed by atoms with E-state index in [1.54, 1.807) is 0 Å². The molecule has 0 aliphatic carbocycles. The van der Waals surface area contributed by atoms with Gasteiger partial charge in [-0.2, -0.15) is 0 Å². The number of hydrogen-bond acceptors (Lipinski definition) is 4. The van der Waals surface area contributed by atoms with E-state index in [1.807, 2.05) is 18.2 Å². The molecular weight excluding hydrogens is 599 g/mol. The molecule has 0 spiro atoms. The van der Waals surface area contributed by atoms with Crippen LogP contribution in [-0.4, -0.2) is 15.0 Å². The van der Waals surface area contributed by atoms with E-state index < -0.39 is 0 Å². The van der Waals surface area contributed by atoms with E-state index >= 15 is 0 Å². The number of benzene rings is 8. The molecule has 0 aliphatic rings. The van der Waals surface area contributed by atoms with E-state index in [-0.39, 0.29) is 0 Å². The van der Waals surface area contributed by atoms with Gasteiger partial charge in [-0.15, -0.1) is 0 Å². The van der Waals surface area contributed by atoms with Crippen LogP contribution in [0.15, 0.2) is 168 Å². The first kappa shape index (κ1) is 27.5. The quantitative estimate of drug-likeness (QED) is 0.195. The van der Waals surface area contributed by atoms with Crippen molar-refractivity contribution in [1.82, 2.24) is 15.0 Å². The Morgan fingerprint density at radius 2 is 0.980 bits per heavy atom. The third kappa shape index (κ3) is 4.57. The summed E-state index contributed by atoms with van der Waals surface area (Å²) in [6.07, 6.45) is 0. The highest BCUT2D eigenvalue weighted by Gasteiger charge is 2.20. The maximum Gasteiger partial charge on any atom is 0.164 e. The summed E-state index contributed by atoms with van der Waals surface area (Å²) in [5, 5.41) is 8.67. The molecule has 8 aromatic carbocycles. The van der Waals surface area contributed by atoms with E-state index in [9.17, 15) is 0 Å². The Balaban J connectivity index is 1.29. The zero-order valence-electron chi connectivity index (χ0n) is 26.3. The summed E-state index contributed by atoms with van der Waals surface area (Å²) in [7, 11) is 0. The number of aromatic nitrogens is 3. The van der Waals surface area contributed by atoms with Crippen molar-refractivity contribution in [1.29, 1.82) is 0 Å². The molecule has 0 N–H and O–H groups in total.